The molecule has 1 rings (SSSR count). The van der Waals surface area contributed by atoms with E-state index in [0.717, 1.165) is 19.3 Å². The molecule has 0 amide bonds. The summed E-state index contributed by atoms with van der Waals surface area (Å²) in [5.74, 6) is 0. The van der Waals surface area contributed by atoms with E-state index in [0.29, 0.717) is 6.61 Å². The van der Waals surface area contributed by atoms with E-state index in [1.807, 2.05) is 0 Å². The van der Waals surface area contributed by atoms with Crippen LogP contribution in [0.2, 0.25) is 0 Å². The van der Waals surface area contributed by atoms with Crippen LogP contribution in [0.5, 0.6) is 0 Å². The van der Waals surface area contributed by atoms with Crippen LogP contribution in [0.25, 0.3) is 0 Å². The predicted octanol–water partition coefficient (Wildman–Crippen LogP) is 4.52. The van der Waals surface area contributed by atoms with Crippen molar-refractivity contribution >= 4 is 0 Å². The van der Waals surface area contributed by atoms with Gasteiger partial charge in [-0.1, -0.05) is 76.9 Å². The zero-order chi connectivity index (χ0) is 21.2. The minimum atomic E-state index is -0.998. The number of hydrogen-bond acceptors (Lipinski definition) is 5. The first-order chi connectivity index (χ1) is 14.2. The average Bonchev–Trinajstić information content (AvgIpc) is 2.73. The van der Waals surface area contributed by atoms with Crippen molar-refractivity contribution in [1.82, 2.24) is 0 Å². The number of ether oxygens (including phenoxy) is 2. The molecule has 0 spiro atoms. The van der Waals surface area contributed by atoms with Gasteiger partial charge in [0, 0.05) is 6.61 Å². The maximum absolute atomic E-state index is 10.00. The van der Waals surface area contributed by atoms with Crippen molar-refractivity contribution < 1.29 is 24.8 Å². The molecule has 0 aromatic rings. The van der Waals surface area contributed by atoms with Gasteiger partial charge in [-0.05, 0) is 32.1 Å². The van der Waals surface area contributed by atoms with Gasteiger partial charge in [-0.2, -0.15) is 0 Å². The van der Waals surface area contributed by atoms with Gasteiger partial charge in [-0.15, -0.1) is 0 Å². The van der Waals surface area contributed by atoms with E-state index in [9.17, 15) is 15.3 Å². The molecule has 4 atom stereocenters. The quantitative estimate of drug-likeness (QED) is 0.227. The molecule has 1 heterocycles. The number of aliphatic hydroxyl groups is 3. The third kappa shape index (κ3) is 12.7. The fourth-order valence-electron chi connectivity index (χ4n) is 3.79. The van der Waals surface area contributed by atoms with Crippen LogP contribution >= 0.6 is 0 Å². The normalized spacial score (nSPS) is 25.1. The molecule has 1 fully saturated rings. The molecule has 172 valence electrons. The molecule has 5 nitrogen and oxygen atoms in total. The Bertz CT molecular complexity index is 385. The van der Waals surface area contributed by atoms with E-state index in [-0.39, 0.29) is 13.2 Å². The summed E-state index contributed by atoms with van der Waals surface area (Å²) in [6.07, 6.45) is 19.3. The molecule has 0 aliphatic carbocycles. The van der Waals surface area contributed by atoms with Crippen LogP contribution in [0.15, 0.2) is 12.2 Å². The minimum absolute atomic E-state index is 0.0378. The number of aliphatic hydroxyl groups excluding tert-OH is 3. The molecule has 1 saturated heterocycles. The summed E-state index contributed by atoms with van der Waals surface area (Å²) in [6.45, 7) is 2.59. The SMILES string of the molecule is CCCCCCCCCCCC/C=C/CCCCO[C@@H]1[C@@H](O)[C@H](O)CO[C@H]1CO. The second-order valence-electron chi connectivity index (χ2n) is 8.39. The molecule has 29 heavy (non-hydrogen) atoms. The monoisotopic (exact) mass is 414 g/mol. The molecule has 1 aliphatic rings. The van der Waals surface area contributed by atoms with Gasteiger partial charge < -0.3 is 24.8 Å². The van der Waals surface area contributed by atoms with Gasteiger partial charge in [-0.25, -0.2) is 0 Å². The molecular formula is C24H46O5. The van der Waals surface area contributed by atoms with Crippen LogP contribution in [0, 0.1) is 0 Å². The van der Waals surface area contributed by atoms with Gasteiger partial charge in [0.2, 0.25) is 0 Å². The Morgan fingerprint density at radius 3 is 1.97 bits per heavy atom. The molecule has 0 unspecified atom stereocenters. The van der Waals surface area contributed by atoms with Crippen LogP contribution < -0.4 is 0 Å². The lowest BCUT2D eigenvalue weighted by Gasteiger charge is -2.37. The van der Waals surface area contributed by atoms with E-state index in [1.54, 1.807) is 0 Å². The highest BCUT2D eigenvalue weighted by Crippen LogP contribution is 2.19. The van der Waals surface area contributed by atoms with Gasteiger partial charge in [-0.3, -0.25) is 0 Å². The summed E-state index contributed by atoms with van der Waals surface area (Å²) in [7, 11) is 0. The number of hydrogen-bond donors (Lipinski definition) is 3. The van der Waals surface area contributed by atoms with Gasteiger partial charge >= 0.3 is 0 Å². The van der Waals surface area contributed by atoms with Gasteiger partial charge in [0.25, 0.3) is 0 Å². The van der Waals surface area contributed by atoms with E-state index in [1.165, 1.54) is 70.6 Å². The first kappa shape index (κ1) is 26.6. The molecule has 1 aliphatic heterocycles. The second kappa shape index (κ2) is 18.3. The third-order valence-electron chi connectivity index (χ3n) is 5.72. The first-order valence-corrected chi connectivity index (χ1v) is 12.1. The summed E-state index contributed by atoms with van der Waals surface area (Å²) < 4.78 is 11.0. The summed E-state index contributed by atoms with van der Waals surface area (Å²) >= 11 is 0. The molecule has 3 N–H and O–H groups in total. The Labute approximate surface area is 178 Å². The zero-order valence-electron chi connectivity index (χ0n) is 18.6. The number of allylic oxidation sites excluding steroid dienone is 2. The molecule has 0 bridgehead atoms. The molecule has 5 heteroatoms. The van der Waals surface area contributed by atoms with Crippen LogP contribution in [0.4, 0.5) is 0 Å². The van der Waals surface area contributed by atoms with E-state index < -0.39 is 24.4 Å². The van der Waals surface area contributed by atoms with Crippen molar-refractivity contribution in [3.8, 4) is 0 Å². The molecule has 0 aromatic carbocycles. The minimum Gasteiger partial charge on any atom is -0.394 e. The Morgan fingerprint density at radius 2 is 1.38 bits per heavy atom. The van der Waals surface area contributed by atoms with Crippen LogP contribution in [0.1, 0.15) is 96.8 Å². The Hall–Kier alpha value is -0.460. The lowest BCUT2D eigenvalue weighted by atomic mass is 10.0. The topological polar surface area (TPSA) is 79.2 Å². The fourth-order valence-corrected chi connectivity index (χ4v) is 3.79. The van der Waals surface area contributed by atoms with Gasteiger partial charge in [0.15, 0.2) is 0 Å². The Morgan fingerprint density at radius 1 is 0.828 bits per heavy atom. The molecule has 0 aromatic heterocycles. The highest BCUT2D eigenvalue weighted by atomic mass is 16.6. The first-order valence-electron chi connectivity index (χ1n) is 12.1. The highest BCUT2D eigenvalue weighted by Gasteiger charge is 2.39. The van der Waals surface area contributed by atoms with Crippen molar-refractivity contribution in [1.29, 1.82) is 0 Å². The van der Waals surface area contributed by atoms with Gasteiger partial charge in [0.05, 0.1) is 13.2 Å². The lowest BCUT2D eigenvalue weighted by molar-refractivity contribution is -0.211. The Kier molecular flexibility index (Phi) is 16.8. The maximum atomic E-state index is 10.00. The summed E-state index contributed by atoms with van der Waals surface area (Å²) in [4.78, 5) is 0. The second-order valence-corrected chi connectivity index (χ2v) is 8.39. The van der Waals surface area contributed by atoms with E-state index in [4.69, 9.17) is 9.47 Å². The fraction of sp³-hybridized carbons (Fsp3) is 0.917. The van der Waals surface area contributed by atoms with Crippen LogP contribution in [-0.2, 0) is 9.47 Å². The number of unbranched alkanes of at least 4 members (excludes halogenated alkanes) is 12. The van der Waals surface area contributed by atoms with Crippen LogP contribution in [0.3, 0.4) is 0 Å². The Balaban J connectivity index is 1.89. The van der Waals surface area contributed by atoms with Crippen molar-refractivity contribution in [2.75, 3.05) is 19.8 Å². The number of rotatable bonds is 18. The van der Waals surface area contributed by atoms with E-state index in [2.05, 4.69) is 19.1 Å². The van der Waals surface area contributed by atoms with Crippen molar-refractivity contribution in [2.24, 2.45) is 0 Å². The summed E-state index contributed by atoms with van der Waals surface area (Å²) in [5, 5.41) is 29.0. The summed E-state index contributed by atoms with van der Waals surface area (Å²) in [6, 6.07) is 0. The average molecular weight is 415 g/mol. The molecular weight excluding hydrogens is 368 g/mol. The highest BCUT2D eigenvalue weighted by molar-refractivity contribution is 4.87. The lowest BCUT2D eigenvalue weighted by Crippen LogP contribution is -2.55. The standard InChI is InChI=1S/C24H46O5/c1-2-3-4-5-6-7-8-9-10-11-12-13-14-15-16-17-18-28-24-22(19-25)29-20-21(26)23(24)27/h13-14,21-27H,2-12,15-20H2,1H3/b14-13+/t21-,22+,23+,24+/m1/s1. The third-order valence-corrected chi connectivity index (χ3v) is 5.72. The zero-order valence-corrected chi connectivity index (χ0v) is 18.6. The van der Waals surface area contributed by atoms with Crippen molar-refractivity contribution in [3.05, 3.63) is 12.2 Å². The maximum Gasteiger partial charge on any atom is 0.114 e. The van der Waals surface area contributed by atoms with Gasteiger partial charge in [0.1, 0.15) is 24.4 Å². The smallest absolute Gasteiger partial charge is 0.114 e. The van der Waals surface area contributed by atoms with Crippen molar-refractivity contribution in [3.63, 3.8) is 0 Å². The molecule has 0 radical (unpaired) electrons. The predicted molar refractivity (Wildman–Crippen MR) is 118 cm³/mol. The van der Waals surface area contributed by atoms with E-state index >= 15 is 0 Å². The largest absolute Gasteiger partial charge is 0.394 e. The van der Waals surface area contributed by atoms with Crippen LogP contribution in [-0.4, -0.2) is 59.6 Å². The van der Waals surface area contributed by atoms with Crippen molar-refractivity contribution in [2.45, 2.75) is 121 Å². The summed E-state index contributed by atoms with van der Waals surface area (Å²) in [5.41, 5.74) is 0. The molecule has 0 saturated carbocycles.